The predicted octanol–water partition coefficient (Wildman–Crippen LogP) is 3.79. The van der Waals surface area contributed by atoms with Crippen LogP contribution in [0.1, 0.15) is 15.4 Å². The van der Waals surface area contributed by atoms with Crippen molar-refractivity contribution in [2.75, 3.05) is 10.2 Å². The first kappa shape index (κ1) is 15.3. The normalized spacial score (nSPS) is 11.2. The average Bonchev–Trinajstić information content (AvgIpc) is 3.01. The van der Waals surface area contributed by atoms with Crippen molar-refractivity contribution < 1.29 is 9.90 Å². The minimum atomic E-state index is -0.935. The molecule has 7 heteroatoms. The summed E-state index contributed by atoms with van der Waals surface area (Å²) in [5.41, 5.74) is 9.36. The van der Waals surface area contributed by atoms with Crippen LogP contribution >= 0.6 is 33.9 Å². The zero-order valence-corrected chi connectivity index (χ0v) is 14.8. The van der Waals surface area contributed by atoms with Crippen LogP contribution in [0.3, 0.4) is 0 Å². The maximum atomic E-state index is 11.2. The third-order valence-corrected chi connectivity index (χ3v) is 5.15. The molecule has 0 bridgehead atoms. The molecule has 22 heavy (non-hydrogen) atoms. The van der Waals surface area contributed by atoms with E-state index in [0.717, 1.165) is 33.1 Å². The molecule has 0 spiro atoms. The van der Waals surface area contributed by atoms with Gasteiger partial charge in [0.2, 0.25) is 0 Å². The molecule has 0 saturated carbocycles. The fourth-order valence-corrected chi connectivity index (χ4v) is 3.87. The molecule has 0 unspecified atom stereocenters. The summed E-state index contributed by atoms with van der Waals surface area (Å²) in [6.07, 6.45) is 1.95. The van der Waals surface area contributed by atoms with Gasteiger partial charge in [-0.1, -0.05) is 22.6 Å². The summed E-state index contributed by atoms with van der Waals surface area (Å²) in [7, 11) is 0. The Morgan fingerprint density at radius 2 is 2.27 bits per heavy atom. The van der Waals surface area contributed by atoms with E-state index < -0.39 is 5.97 Å². The largest absolute Gasteiger partial charge is 0.477 e. The van der Waals surface area contributed by atoms with E-state index in [9.17, 15) is 4.79 Å². The molecule has 3 rings (SSSR count). The van der Waals surface area contributed by atoms with E-state index in [1.807, 2.05) is 24.4 Å². The second-order valence-electron chi connectivity index (χ2n) is 4.94. The van der Waals surface area contributed by atoms with Gasteiger partial charge in [-0.3, -0.25) is 0 Å². The first-order chi connectivity index (χ1) is 10.5. The van der Waals surface area contributed by atoms with Gasteiger partial charge in [-0.25, -0.2) is 9.78 Å². The Labute approximate surface area is 144 Å². The van der Waals surface area contributed by atoms with E-state index in [2.05, 4.69) is 32.1 Å². The van der Waals surface area contributed by atoms with Crippen molar-refractivity contribution >= 4 is 56.5 Å². The fourth-order valence-electron chi connectivity index (χ4n) is 2.45. The summed E-state index contributed by atoms with van der Waals surface area (Å²) in [5, 5.41) is 10.8. The molecular formula is C15H14IN3O2S. The molecule has 0 aliphatic rings. The minimum absolute atomic E-state index is 0.283. The number of nitrogens with zero attached hydrogens (tertiary/aromatic N) is 2. The number of rotatable bonds is 4. The van der Waals surface area contributed by atoms with Gasteiger partial charge in [0.05, 0.1) is 16.9 Å². The number of carbonyl (C=O) groups is 1. The molecule has 0 radical (unpaired) electrons. The molecule has 3 N–H and O–H groups in total. The number of nitrogens with two attached hydrogens (primary N) is 1. The van der Waals surface area contributed by atoms with Gasteiger partial charge in [0, 0.05) is 28.1 Å². The lowest BCUT2D eigenvalue weighted by Gasteiger charge is -2.02. The number of anilines is 1. The monoisotopic (exact) mass is 427 g/mol. The second kappa shape index (κ2) is 5.88. The van der Waals surface area contributed by atoms with E-state index in [4.69, 9.17) is 10.8 Å². The lowest BCUT2D eigenvalue weighted by Crippen LogP contribution is -1.96. The zero-order valence-electron chi connectivity index (χ0n) is 11.8. The predicted molar refractivity (Wildman–Crippen MR) is 98.0 cm³/mol. The summed E-state index contributed by atoms with van der Waals surface area (Å²) < 4.78 is 3.15. The number of fused-ring (bicyclic) bond motifs is 1. The van der Waals surface area contributed by atoms with Crippen molar-refractivity contribution in [3.63, 3.8) is 0 Å². The maximum absolute atomic E-state index is 11.2. The van der Waals surface area contributed by atoms with Crippen molar-refractivity contribution in [1.29, 1.82) is 0 Å². The number of aromatic nitrogens is 2. The van der Waals surface area contributed by atoms with Crippen molar-refractivity contribution in [2.24, 2.45) is 0 Å². The van der Waals surface area contributed by atoms with Crippen LogP contribution in [-0.2, 0) is 6.54 Å². The number of nitrogen functional groups attached to an aromatic ring is 1. The van der Waals surface area contributed by atoms with Gasteiger partial charge in [-0.15, -0.1) is 11.3 Å². The molecule has 0 saturated heterocycles. The maximum Gasteiger partial charge on any atom is 0.347 e. The minimum Gasteiger partial charge on any atom is -0.477 e. The molecule has 2 aromatic heterocycles. The summed E-state index contributed by atoms with van der Waals surface area (Å²) in [4.78, 5) is 15.8. The van der Waals surface area contributed by atoms with Gasteiger partial charge in [0.15, 0.2) is 0 Å². The van der Waals surface area contributed by atoms with E-state index in [1.54, 1.807) is 6.92 Å². The third-order valence-electron chi connectivity index (χ3n) is 3.48. The molecule has 1 aromatic carbocycles. The molecule has 114 valence electrons. The molecular weight excluding hydrogens is 413 g/mol. The third kappa shape index (κ3) is 2.58. The van der Waals surface area contributed by atoms with Crippen LogP contribution in [0.4, 0.5) is 5.69 Å². The molecule has 0 aliphatic carbocycles. The topological polar surface area (TPSA) is 81.1 Å². The number of aryl methyl sites for hydroxylation is 2. The lowest BCUT2D eigenvalue weighted by molar-refractivity contribution is 0.0701. The van der Waals surface area contributed by atoms with Crippen molar-refractivity contribution in [3.8, 4) is 10.6 Å². The lowest BCUT2D eigenvalue weighted by atomic mass is 10.1. The average molecular weight is 427 g/mol. The van der Waals surface area contributed by atoms with Crippen LogP contribution in [0.25, 0.3) is 21.5 Å². The molecule has 3 aromatic rings. The second-order valence-corrected chi connectivity index (χ2v) is 7.02. The van der Waals surface area contributed by atoms with Crippen LogP contribution in [0.15, 0.2) is 24.4 Å². The van der Waals surface area contributed by atoms with Crippen molar-refractivity contribution in [2.45, 2.75) is 13.5 Å². The van der Waals surface area contributed by atoms with E-state index in [0.29, 0.717) is 10.7 Å². The first-order valence-corrected chi connectivity index (χ1v) is 9.01. The quantitative estimate of drug-likeness (QED) is 0.491. The van der Waals surface area contributed by atoms with Gasteiger partial charge >= 0.3 is 5.97 Å². The van der Waals surface area contributed by atoms with Crippen LogP contribution in [-0.4, -0.2) is 25.1 Å². The number of carboxylic acid groups (broad SMARTS) is 1. The molecule has 2 heterocycles. The fraction of sp³-hybridized carbons (Fsp3) is 0.200. The number of benzene rings is 1. The Hall–Kier alpha value is -1.61. The zero-order chi connectivity index (χ0) is 15.9. The number of carboxylic acids is 1. The van der Waals surface area contributed by atoms with Gasteiger partial charge in [-0.2, -0.15) is 0 Å². The highest BCUT2D eigenvalue weighted by Gasteiger charge is 2.16. The standard InChI is InChI=1S/C15H14IN3O2S/c1-8-13(15(20)21)22-14(18-8)9-2-3-12-10(6-9)11(17)7-19(12)5-4-16/h2-3,6-7H,4-5,17H2,1H3,(H,20,21). The van der Waals surface area contributed by atoms with Gasteiger partial charge in [0.25, 0.3) is 0 Å². The van der Waals surface area contributed by atoms with Crippen LogP contribution in [0, 0.1) is 6.92 Å². The van der Waals surface area contributed by atoms with Crippen LogP contribution in [0.2, 0.25) is 0 Å². The highest BCUT2D eigenvalue weighted by atomic mass is 127. The molecule has 0 amide bonds. The van der Waals surface area contributed by atoms with Crippen molar-refractivity contribution in [1.82, 2.24) is 9.55 Å². The van der Waals surface area contributed by atoms with Gasteiger partial charge in [-0.05, 0) is 25.1 Å². The number of alkyl halides is 1. The van der Waals surface area contributed by atoms with Gasteiger partial charge in [0.1, 0.15) is 9.88 Å². The molecule has 0 atom stereocenters. The van der Waals surface area contributed by atoms with Crippen molar-refractivity contribution in [3.05, 3.63) is 35.0 Å². The first-order valence-electron chi connectivity index (χ1n) is 6.66. The number of hydrogen-bond acceptors (Lipinski definition) is 4. The molecule has 0 fully saturated rings. The Balaban J connectivity index is 2.11. The Morgan fingerprint density at radius 3 is 2.91 bits per heavy atom. The Morgan fingerprint density at radius 1 is 1.50 bits per heavy atom. The summed E-state index contributed by atoms with van der Waals surface area (Å²) in [6.45, 7) is 2.63. The highest BCUT2D eigenvalue weighted by molar-refractivity contribution is 14.1. The summed E-state index contributed by atoms with van der Waals surface area (Å²) in [6, 6.07) is 5.97. The summed E-state index contributed by atoms with van der Waals surface area (Å²) >= 11 is 3.53. The van der Waals surface area contributed by atoms with E-state index in [-0.39, 0.29) is 4.88 Å². The number of thiazole rings is 1. The Bertz CT molecular complexity index is 869. The molecule has 5 nitrogen and oxygen atoms in total. The van der Waals surface area contributed by atoms with Crippen LogP contribution < -0.4 is 5.73 Å². The Kier molecular flexibility index (Phi) is 4.09. The number of halogens is 1. The smallest absolute Gasteiger partial charge is 0.347 e. The highest BCUT2D eigenvalue weighted by Crippen LogP contribution is 2.32. The molecule has 0 aliphatic heterocycles. The number of hydrogen-bond donors (Lipinski definition) is 2. The SMILES string of the molecule is Cc1nc(-c2ccc3c(c2)c(N)cn3CCI)sc1C(=O)O. The van der Waals surface area contributed by atoms with E-state index >= 15 is 0 Å². The van der Waals surface area contributed by atoms with Crippen LogP contribution in [0.5, 0.6) is 0 Å². The number of aromatic carboxylic acids is 1. The van der Waals surface area contributed by atoms with E-state index in [1.165, 1.54) is 11.3 Å². The summed E-state index contributed by atoms with van der Waals surface area (Å²) in [5.74, 6) is -0.935. The van der Waals surface area contributed by atoms with Gasteiger partial charge < -0.3 is 15.4 Å².